The molecule has 1 aromatic carbocycles. The van der Waals surface area contributed by atoms with E-state index in [0.29, 0.717) is 13.0 Å². The van der Waals surface area contributed by atoms with Crippen LogP contribution in [0.25, 0.3) is 0 Å². The van der Waals surface area contributed by atoms with Crippen molar-refractivity contribution in [1.29, 1.82) is 0 Å². The van der Waals surface area contributed by atoms with Gasteiger partial charge in [0.15, 0.2) is 6.10 Å². The van der Waals surface area contributed by atoms with Crippen molar-refractivity contribution < 1.29 is 32.0 Å². The van der Waals surface area contributed by atoms with Gasteiger partial charge >= 0.3 is 5.97 Å². The topological polar surface area (TPSA) is 122 Å². The lowest BCUT2D eigenvalue weighted by atomic mass is 9.79. The van der Waals surface area contributed by atoms with Crippen molar-refractivity contribution in [2.24, 2.45) is 5.41 Å². The van der Waals surface area contributed by atoms with E-state index in [9.17, 15) is 23.1 Å². The van der Waals surface area contributed by atoms with Gasteiger partial charge in [-0.1, -0.05) is 44.2 Å². The van der Waals surface area contributed by atoms with E-state index < -0.39 is 33.7 Å². The first-order chi connectivity index (χ1) is 14.8. The van der Waals surface area contributed by atoms with Gasteiger partial charge in [0.2, 0.25) is 5.91 Å². The molecule has 0 bridgehead atoms. The summed E-state index contributed by atoms with van der Waals surface area (Å²) in [6.45, 7) is 5.42. The Morgan fingerprint density at radius 1 is 1.19 bits per heavy atom. The van der Waals surface area contributed by atoms with Crippen LogP contribution >= 0.6 is 0 Å². The van der Waals surface area contributed by atoms with Gasteiger partial charge in [-0.2, -0.15) is 8.42 Å². The highest BCUT2D eigenvalue weighted by Crippen LogP contribution is 2.34. The molecular formula is C22H36N2O7S. The summed E-state index contributed by atoms with van der Waals surface area (Å²) in [6.07, 6.45) is -1.73. The van der Waals surface area contributed by atoms with Crippen LogP contribution < -0.4 is 5.32 Å². The highest BCUT2D eigenvalue weighted by Gasteiger charge is 2.45. The van der Waals surface area contributed by atoms with E-state index in [0.717, 1.165) is 5.56 Å². The molecule has 0 aromatic heterocycles. The van der Waals surface area contributed by atoms with Crippen LogP contribution in [0.2, 0.25) is 0 Å². The first-order valence-electron chi connectivity index (χ1n) is 10.5. The predicted octanol–water partition coefficient (Wildman–Crippen LogP) is 1.88. The number of nitrogens with one attached hydrogen (secondary N) is 1. The van der Waals surface area contributed by atoms with E-state index in [-0.39, 0.29) is 31.2 Å². The van der Waals surface area contributed by atoms with E-state index in [1.54, 1.807) is 13.8 Å². The van der Waals surface area contributed by atoms with Crippen molar-refractivity contribution >= 4 is 22.0 Å². The molecule has 1 amide bonds. The number of carbonyl (C=O) groups excluding carboxylic acids is 1. The summed E-state index contributed by atoms with van der Waals surface area (Å²) in [7, 11) is -0.275. The fourth-order valence-corrected chi connectivity index (χ4v) is 4.48. The van der Waals surface area contributed by atoms with Crippen LogP contribution in [0, 0.1) is 5.41 Å². The maximum atomic E-state index is 12.6. The molecule has 1 aromatic rings. The standard InChI is InChI=1S/C22H36N2O7S/c1-17(25)23-13-9-15-32(28,29)31-19(12-14-24(4)5)22(2,3)20(21(26)27)30-16-18-10-7-6-8-11-18/h6-8,10-11,19-20H,9,12-16H2,1-5H3,(H,23,25)(H,26,27)/t19?,20-/m0/s1. The van der Waals surface area contributed by atoms with Crippen LogP contribution in [-0.2, 0) is 35.2 Å². The predicted molar refractivity (Wildman–Crippen MR) is 122 cm³/mol. The fraction of sp³-hybridized carbons (Fsp3) is 0.636. The Labute approximate surface area is 191 Å². The molecule has 0 heterocycles. The molecule has 0 saturated carbocycles. The zero-order chi connectivity index (χ0) is 24.4. The molecule has 0 aliphatic heterocycles. The van der Waals surface area contributed by atoms with Crippen molar-refractivity contribution in [3.8, 4) is 0 Å². The number of carboxylic acids is 1. The summed E-state index contributed by atoms with van der Waals surface area (Å²) < 4.78 is 36.5. The minimum atomic E-state index is -3.95. The molecule has 9 nitrogen and oxygen atoms in total. The Hall–Kier alpha value is -2.01. The number of carbonyl (C=O) groups is 2. The van der Waals surface area contributed by atoms with Crippen LogP contribution in [-0.4, -0.2) is 75.4 Å². The van der Waals surface area contributed by atoms with E-state index in [2.05, 4.69) is 5.32 Å². The second-order valence-corrected chi connectivity index (χ2v) is 10.3. The molecule has 0 fully saturated rings. The number of carboxylic acid groups (broad SMARTS) is 1. The van der Waals surface area contributed by atoms with Gasteiger partial charge in [-0.25, -0.2) is 4.79 Å². The smallest absolute Gasteiger partial charge is 0.333 e. The van der Waals surface area contributed by atoms with Gasteiger partial charge in [-0.05, 0) is 32.5 Å². The summed E-state index contributed by atoms with van der Waals surface area (Å²) in [5, 5.41) is 12.4. The number of nitrogens with zero attached hydrogens (tertiary/aromatic N) is 1. The van der Waals surface area contributed by atoms with Crippen molar-refractivity contribution in [1.82, 2.24) is 10.2 Å². The molecule has 2 atom stereocenters. The summed E-state index contributed by atoms with van der Waals surface area (Å²) in [5.41, 5.74) is -0.340. The van der Waals surface area contributed by atoms with Crippen molar-refractivity contribution in [2.45, 2.75) is 52.4 Å². The molecule has 0 radical (unpaired) electrons. The molecule has 0 aliphatic carbocycles. The Kier molecular flexibility index (Phi) is 11.3. The minimum Gasteiger partial charge on any atom is -0.479 e. The molecule has 1 unspecified atom stereocenters. The van der Waals surface area contributed by atoms with Gasteiger partial charge in [0.05, 0.1) is 18.5 Å². The van der Waals surface area contributed by atoms with E-state index in [1.165, 1.54) is 6.92 Å². The maximum Gasteiger partial charge on any atom is 0.333 e. The lowest BCUT2D eigenvalue weighted by Gasteiger charge is -2.38. The highest BCUT2D eigenvalue weighted by molar-refractivity contribution is 7.86. The Balaban J connectivity index is 2.99. The van der Waals surface area contributed by atoms with Crippen LogP contribution in [0.1, 0.15) is 39.2 Å². The zero-order valence-electron chi connectivity index (χ0n) is 19.5. The van der Waals surface area contributed by atoms with Crippen molar-refractivity contribution in [2.75, 3.05) is 32.9 Å². The first kappa shape index (κ1) is 28.0. The number of ether oxygens (including phenoxy) is 1. The molecular weight excluding hydrogens is 436 g/mol. The first-order valence-corrected chi connectivity index (χ1v) is 12.1. The SMILES string of the molecule is CC(=O)NCCCS(=O)(=O)OC(CCN(C)C)C(C)(C)[C@@H](OCc1ccccc1)C(=O)O. The summed E-state index contributed by atoms with van der Waals surface area (Å²) in [6, 6.07) is 9.16. The zero-order valence-corrected chi connectivity index (χ0v) is 20.4. The summed E-state index contributed by atoms with van der Waals surface area (Å²) in [4.78, 5) is 24.9. The number of benzene rings is 1. The van der Waals surface area contributed by atoms with Gasteiger partial charge in [-0.3, -0.25) is 8.98 Å². The third-order valence-electron chi connectivity index (χ3n) is 5.04. The van der Waals surface area contributed by atoms with Crippen LogP contribution in [0.4, 0.5) is 0 Å². The monoisotopic (exact) mass is 472 g/mol. The number of rotatable bonds is 15. The largest absolute Gasteiger partial charge is 0.479 e. The number of hydrogen-bond acceptors (Lipinski definition) is 7. The summed E-state index contributed by atoms with van der Waals surface area (Å²) >= 11 is 0. The summed E-state index contributed by atoms with van der Waals surface area (Å²) in [5.74, 6) is -1.72. The third-order valence-corrected chi connectivity index (χ3v) is 6.35. The lowest BCUT2D eigenvalue weighted by molar-refractivity contribution is -0.167. The second kappa shape index (κ2) is 12.9. The molecule has 10 heteroatoms. The maximum absolute atomic E-state index is 12.6. The highest BCUT2D eigenvalue weighted by atomic mass is 32.2. The molecule has 2 N–H and O–H groups in total. The van der Waals surface area contributed by atoms with E-state index in [4.69, 9.17) is 8.92 Å². The fourth-order valence-electron chi connectivity index (χ4n) is 3.18. The third kappa shape index (κ3) is 10.1. The normalized spacial score (nSPS) is 14.2. The number of hydrogen-bond donors (Lipinski definition) is 2. The van der Waals surface area contributed by atoms with Crippen molar-refractivity contribution in [3.05, 3.63) is 35.9 Å². The van der Waals surface area contributed by atoms with Gasteiger partial charge in [-0.15, -0.1) is 0 Å². The van der Waals surface area contributed by atoms with Gasteiger partial charge in [0.25, 0.3) is 10.1 Å². The number of amides is 1. The average Bonchev–Trinajstić information content (AvgIpc) is 2.68. The van der Waals surface area contributed by atoms with Crippen LogP contribution in [0.3, 0.4) is 0 Å². The molecule has 0 aliphatic rings. The lowest BCUT2D eigenvalue weighted by Crippen LogP contribution is -2.49. The number of aliphatic carboxylic acids is 1. The second-order valence-electron chi connectivity index (χ2n) is 8.61. The van der Waals surface area contributed by atoms with Crippen LogP contribution in [0.5, 0.6) is 0 Å². The Bertz CT molecular complexity index is 826. The molecule has 182 valence electrons. The van der Waals surface area contributed by atoms with Gasteiger partial charge < -0.3 is 20.1 Å². The molecule has 0 saturated heterocycles. The van der Waals surface area contributed by atoms with Crippen LogP contribution in [0.15, 0.2) is 30.3 Å². The average molecular weight is 473 g/mol. The van der Waals surface area contributed by atoms with Gasteiger partial charge in [0.1, 0.15) is 0 Å². The minimum absolute atomic E-state index is 0.0745. The Morgan fingerprint density at radius 2 is 1.81 bits per heavy atom. The van der Waals surface area contributed by atoms with Gasteiger partial charge in [0, 0.05) is 25.4 Å². The van der Waals surface area contributed by atoms with E-state index in [1.807, 2.05) is 49.3 Å². The molecule has 1 rings (SSSR count). The quantitative estimate of drug-likeness (QED) is 0.293. The van der Waals surface area contributed by atoms with E-state index >= 15 is 0 Å². The molecule has 32 heavy (non-hydrogen) atoms. The molecule has 0 spiro atoms. The Morgan fingerprint density at radius 3 is 2.34 bits per heavy atom. The van der Waals surface area contributed by atoms with Crippen molar-refractivity contribution in [3.63, 3.8) is 0 Å².